The van der Waals surface area contributed by atoms with E-state index in [-0.39, 0.29) is 12.7 Å². The molecule has 1 aliphatic rings. The number of hydrogen-bond donors (Lipinski definition) is 1. The molecule has 7 nitrogen and oxygen atoms in total. The summed E-state index contributed by atoms with van der Waals surface area (Å²) in [6, 6.07) is 7.35. The number of rotatable bonds is 7. The highest BCUT2D eigenvalue weighted by Crippen LogP contribution is 2.25. The molecule has 0 aromatic heterocycles. The smallest absolute Gasteiger partial charge is 0.409 e. The summed E-state index contributed by atoms with van der Waals surface area (Å²) >= 11 is 0. The monoisotopic (exact) mass is 338 g/mol. The van der Waals surface area contributed by atoms with E-state index in [2.05, 4.69) is 4.90 Å². The zero-order valence-electron chi connectivity index (χ0n) is 14.3. The van der Waals surface area contributed by atoms with Crippen LogP contribution < -0.4 is 9.47 Å². The van der Waals surface area contributed by atoms with Crippen molar-refractivity contribution < 1.29 is 24.1 Å². The van der Waals surface area contributed by atoms with Gasteiger partial charge >= 0.3 is 6.09 Å². The van der Waals surface area contributed by atoms with Gasteiger partial charge in [0, 0.05) is 32.7 Å². The van der Waals surface area contributed by atoms with E-state index in [9.17, 15) is 9.90 Å². The first-order valence-corrected chi connectivity index (χ1v) is 8.22. The van der Waals surface area contributed by atoms with E-state index in [1.807, 2.05) is 24.3 Å². The van der Waals surface area contributed by atoms with E-state index in [0.29, 0.717) is 50.8 Å². The molecular formula is C17H26N2O5. The van der Waals surface area contributed by atoms with Crippen LogP contribution in [0.25, 0.3) is 0 Å². The summed E-state index contributed by atoms with van der Waals surface area (Å²) < 4.78 is 15.8. The third-order valence-corrected chi connectivity index (χ3v) is 3.87. The molecule has 7 heteroatoms. The molecule has 24 heavy (non-hydrogen) atoms. The molecule has 1 saturated heterocycles. The number of hydrogen-bond acceptors (Lipinski definition) is 6. The number of ether oxygens (including phenoxy) is 3. The molecule has 1 unspecified atom stereocenters. The predicted octanol–water partition coefficient (Wildman–Crippen LogP) is 1.21. The number of para-hydroxylation sites is 2. The van der Waals surface area contributed by atoms with Gasteiger partial charge in [-0.25, -0.2) is 4.79 Å². The van der Waals surface area contributed by atoms with Crippen LogP contribution >= 0.6 is 0 Å². The van der Waals surface area contributed by atoms with Crippen molar-refractivity contribution in [1.29, 1.82) is 0 Å². The highest BCUT2D eigenvalue weighted by atomic mass is 16.6. The first kappa shape index (κ1) is 18.4. The summed E-state index contributed by atoms with van der Waals surface area (Å²) in [6.07, 6.45) is -0.874. The van der Waals surface area contributed by atoms with Crippen LogP contribution in [0.3, 0.4) is 0 Å². The molecule has 1 atom stereocenters. The van der Waals surface area contributed by atoms with Crippen LogP contribution in [0.15, 0.2) is 24.3 Å². The molecule has 0 spiro atoms. The van der Waals surface area contributed by atoms with Crippen molar-refractivity contribution in [1.82, 2.24) is 9.80 Å². The van der Waals surface area contributed by atoms with Crippen molar-refractivity contribution in [3.63, 3.8) is 0 Å². The lowest BCUT2D eigenvalue weighted by molar-refractivity contribution is 0.0403. The van der Waals surface area contributed by atoms with E-state index < -0.39 is 6.10 Å². The Hall–Kier alpha value is -1.99. The molecule has 0 bridgehead atoms. The van der Waals surface area contributed by atoms with Crippen molar-refractivity contribution in [2.24, 2.45) is 0 Å². The van der Waals surface area contributed by atoms with Crippen LogP contribution in [0.2, 0.25) is 0 Å². The minimum atomic E-state index is -0.607. The molecule has 0 saturated carbocycles. The molecule has 1 heterocycles. The Kier molecular flexibility index (Phi) is 7.14. The van der Waals surface area contributed by atoms with Crippen molar-refractivity contribution in [3.05, 3.63) is 24.3 Å². The number of benzene rings is 1. The Morgan fingerprint density at radius 2 is 1.88 bits per heavy atom. The van der Waals surface area contributed by atoms with Gasteiger partial charge in [-0.05, 0) is 19.1 Å². The van der Waals surface area contributed by atoms with Crippen LogP contribution in [0, 0.1) is 0 Å². The Labute approximate surface area is 142 Å². The van der Waals surface area contributed by atoms with Gasteiger partial charge in [0.1, 0.15) is 12.7 Å². The van der Waals surface area contributed by atoms with Gasteiger partial charge in [0.05, 0.1) is 13.7 Å². The van der Waals surface area contributed by atoms with Crippen LogP contribution in [0.1, 0.15) is 6.92 Å². The molecule has 1 amide bonds. The fourth-order valence-electron chi connectivity index (χ4n) is 2.60. The van der Waals surface area contributed by atoms with Crippen molar-refractivity contribution in [3.8, 4) is 11.5 Å². The lowest BCUT2D eigenvalue weighted by Crippen LogP contribution is -2.51. The van der Waals surface area contributed by atoms with Crippen molar-refractivity contribution in [2.45, 2.75) is 13.0 Å². The number of carbonyl (C=O) groups excluding carboxylic acids is 1. The lowest BCUT2D eigenvalue weighted by Gasteiger charge is -2.34. The standard InChI is InChI=1S/C17H26N2O5/c1-3-23-17(21)19-10-8-18(9-11-19)12-14(20)13-24-16-7-5-4-6-15(16)22-2/h4-7,14,20H,3,8-13H2,1-2H3. The third kappa shape index (κ3) is 5.28. The summed E-state index contributed by atoms with van der Waals surface area (Å²) in [5.74, 6) is 1.26. The van der Waals surface area contributed by atoms with Gasteiger partial charge in [0.2, 0.25) is 0 Å². The number of amides is 1. The molecule has 1 N–H and O–H groups in total. The Morgan fingerprint density at radius 3 is 2.50 bits per heavy atom. The lowest BCUT2D eigenvalue weighted by atomic mass is 10.2. The summed E-state index contributed by atoms with van der Waals surface area (Å²) in [7, 11) is 1.58. The maximum atomic E-state index is 11.7. The van der Waals surface area contributed by atoms with E-state index in [0.717, 1.165) is 0 Å². The molecule has 0 radical (unpaired) electrons. The molecule has 0 aliphatic carbocycles. The number of nitrogens with zero attached hydrogens (tertiary/aromatic N) is 2. The van der Waals surface area contributed by atoms with Gasteiger partial charge in [-0.3, -0.25) is 4.90 Å². The average Bonchev–Trinajstić information content (AvgIpc) is 2.61. The molecular weight excluding hydrogens is 312 g/mol. The molecule has 1 fully saturated rings. The third-order valence-electron chi connectivity index (χ3n) is 3.87. The van der Waals surface area contributed by atoms with Crippen LogP contribution in [-0.2, 0) is 4.74 Å². The maximum absolute atomic E-state index is 11.7. The van der Waals surface area contributed by atoms with E-state index in [1.54, 1.807) is 18.9 Å². The first-order valence-electron chi connectivity index (χ1n) is 8.22. The van der Waals surface area contributed by atoms with E-state index >= 15 is 0 Å². The highest BCUT2D eigenvalue weighted by Gasteiger charge is 2.23. The fraction of sp³-hybridized carbons (Fsp3) is 0.588. The zero-order chi connectivity index (χ0) is 17.4. The van der Waals surface area contributed by atoms with Crippen molar-refractivity contribution in [2.75, 3.05) is 53.0 Å². The molecule has 1 aromatic carbocycles. The second-order valence-corrected chi connectivity index (χ2v) is 5.60. The number of aliphatic hydroxyl groups is 1. The summed E-state index contributed by atoms with van der Waals surface area (Å²) in [5, 5.41) is 10.2. The van der Waals surface area contributed by atoms with Crippen LogP contribution in [0.4, 0.5) is 4.79 Å². The summed E-state index contributed by atoms with van der Waals surface area (Å²) in [4.78, 5) is 15.5. The van der Waals surface area contributed by atoms with Crippen molar-refractivity contribution >= 4 is 6.09 Å². The topological polar surface area (TPSA) is 71.5 Å². The summed E-state index contributed by atoms with van der Waals surface area (Å²) in [6.45, 7) is 5.53. The molecule has 1 aromatic rings. The Bertz CT molecular complexity index is 517. The van der Waals surface area contributed by atoms with Crippen LogP contribution in [0.5, 0.6) is 11.5 Å². The number of β-amino-alcohol motifs (C(OH)–C–C–N with tert-alkyl or cyclic N) is 1. The Morgan fingerprint density at radius 1 is 1.21 bits per heavy atom. The average molecular weight is 338 g/mol. The van der Waals surface area contributed by atoms with Gasteiger partial charge in [-0.1, -0.05) is 12.1 Å². The minimum Gasteiger partial charge on any atom is -0.493 e. The molecule has 134 valence electrons. The predicted molar refractivity (Wildman–Crippen MR) is 89.5 cm³/mol. The number of carbonyl (C=O) groups is 1. The van der Waals surface area contributed by atoms with Gasteiger partial charge in [0.15, 0.2) is 11.5 Å². The highest BCUT2D eigenvalue weighted by molar-refractivity contribution is 5.67. The summed E-state index contributed by atoms with van der Waals surface area (Å²) in [5.41, 5.74) is 0. The molecule has 1 aliphatic heterocycles. The first-order chi connectivity index (χ1) is 11.6. The van der Waals surface area contributed by atoms with Crippen LogP contribution in [-0.4, -0.2) is 80.2 Å². The second kappa shape index (κ2) is 9.34. The van der Waals surface area contributed by atoms with E-state index in [1.165, 1.54) is 0 Å². The maximum Gasteiger partial charge on any atom is 0.409 e. The number of methoxy groups -OCH3 is 1. The van der Waals surface area contributed by atoms with Gasteiger partial charge < -0.3 is 24.2 Å². The van der Waals surface area contributed by atoms with Gasteiger partial charge in [-0.2, -0.15) is 0 Å². The number of piperazine rings is 1. The Balaban J connectivity index is 1.72. The van der Waals surface area contributed by atoms with Gasteiger partial charge in [0.25, 0.3) is 0 Å². The molecule has 2 rings (SSSR count). The SMILES string of the molecule is CCOC(=O)N1CCN(CC(O)COc2ccccc2OC)CC1. The van der Waals surface area contributed by atoms with E-state index in [4.69, 9.17) is 14.2 Å². The normalized spacial score (nSPS) is 16.5. The fourth-order valence-corrected chi connectivity index (χ4v) is 2.60. The largest absolute Gasteiger partial charge is 0.493 e. The minimum absolute atomic E-state index is 0.193. The zero-order valence-corrected chi connectivity index (χ0v) is 14.3. The quantitative estimate of drug-likeness (QED) is 0.806. The second-order valence-electron chi connectivity index (χ2n) is 5.60. The van der Waals surface area contributed by atoms with Gasteiger partial charge in [-0.15, -0.1) is 0 Å². The number of aliphatic hydroxyl groups excluding tert-OH is 1.